The first-order valence-electron chi connectivity index (χ1n) is 6.73. The molecule has 0 amide bonds. The maximum atomic E-state index is 12.5. The average molecular weight is 317 g/mol. The van der Waals surface area contributed by atoms with Crippen LogP contribution in [0.15, 0.2) is 23.1 Å². The molecule has 0 saturated heterocycles. The summed E-state index contributed by atoms with van der Waals surface area (Å²) in [6.45, 7) is 4.45. The Balaban J connectivity index is 2.30. The van der Waals surface area contributed by atoms with Gasteiger partial charge in [-0.05, 0) is 57.4 Å². The fourth-order valence-electron chi connectivity index (χ4n) is 2.36. The van der Waals surface area contributed by atoms with Crippen molar-refractivity contribution >= 4 is 21.6 Å². The van der Waals surface area contributed by atoms with E-state index in [2.05, 4.69) is 10.0 Å². The van der Waals surface area contributed by atoms with Crippen LogP contribution in [0.5, 0.6) is 0 Å². The van der Waals surface area contributed by atoms with E-state index in [1.54, 1.807) is 12.1 Å². The zero-order valence-corrected chi connectivity index (χ0v) is 13.6. The predicted octanol–water partition coefficient (Wildman–Crippen LogP) is 2.53. The third-order valence-corrected chi connectivity index (χ3v) is 5.81. The van der Waals surface area contributed by atoms with Crippen molar-refractivity contribution < 1.29 is 8.42 Å². The van der Waals surface area contributed by atoms with Gasteiger partial charge in [0, 0.05) is 12.1 Å². The molecule has 1 aromatic carbocycles. The molecule has 0 heterocycles. The molecule has 0 bridgehead atoms. The molecule has 0 aromatic heterocycles. The Morgan fingerprint density at radius 3 is 2.55 bits per heavy atom. The summed E-state index contributed by atoms with van der Waals surface area (Å²) >= 11 is 6.07. The molecule has 1 aliphatic rings. The van der Waals surface area contributed by atoms with E-state index < -0.39 is 15.6 Å². The van der Waals surface area contributed by atoms with E-state index in [0.29, 0.717) is 12.5 Å². The van der Waals surface area contributed by atoms with Crippen molar-refractivity contribution in [3.8, 4) is 0 Å². The SMILES string of the molecule is CNCc1ccc(Cl)c(S(=O)(=O)NC(C)(C)C2CC2)c1. The van der Waals surface area contributed by atoms with E-state index in [0.717, 1.165) is 18.4 Å². The molecular weight excluding hydrogens is 296 g/mol. The van der Waals surface area contributed by atoms with Crippen LogP contribution in [-0.2, 0) is 16.6 Å². The third kappa shape index (κ3) is 3.52. The number of rotatable bonds is 6. The third-order valence-electron chi connectivity index (χ3n) is 3.66. The summed E-state index contributed by atoms with van der Waals surface area (Å²) in [5.41, 5.74) is 0.461. The summed E-state index contributed by atoms with van der Waals surface area (Å²) in [5.74, 6) is 0.413. The van der Waals surface area contributed by atoms with Gasteiger partial charge in [-0.1, -0.05) is 17.7 Å². The van der Waals surface area contributed by atoms with Gasteiger partial charge in [0.1, 0.15) is 4.90 Å². The molecule has 2 N–H and O–H groups in total. The van der Waals surface area contributed by atoms with E-state index >= 15 is 0 Å². The van der Waals surface area contributed by atoms with Crippen molar-refractivity contribution in [3.05, 3.63) is 28.8 Å². The Labute approximate surface area is 126 Å². The van der Waals surface area contributed by atoms with E-state index in [9.17, 15) is 8.42 Å². The van der Waals surface area contributed by atoms with Gasteiger partial charge >= 0.3 is 0 Å². The van der Waals surface area contributed by atoms with Crippen molar-refractivity contribution in [1.82, 2.24) is 10.0 Å². The summed E-state index contributed by atoms with van der Waals surface area (Å²) in [4.78, 5) is 0.153. The van der Waals surface area contributed by atoms with Crippen LogP contribution in [0.1, 0.15) is 32.3 Å². The maximum Gasteiger partial charge on any atom is 0.242 e. The zero-order valence-electron chi connectivity index (χ0n) is 12.0. The van der Waals surface area contributed by atoms with Gasteiger partial charge in [-0.25, -0.2) is 13.1 Å². The largest absolute Gasteiger partial charge is 0.316 e. The highest BCUT2D eigenvalue weighted by Crippen LogP contribution is 2.40. The lowest BCUT2D eigenvalue weighted by Gasteiger charge is -2.26. The summed E-state index contributed by atoms with van der Waals surface area (Å²) in [7, 11) is -1.79. The first kappa shape index (κ1) is 15.8. The summed E-state index contributed by atoms with van der Waals surface area (Å²) in [6.07, 6.45) is 2.14. The van der Waals surface area contributed by atoms with Gasteiger partial charge in [0.2, 0.25) is 10.0 Å². The molecule has 2 rings (SSSR count). The quantitative estimate of drug-likeness (QED) is 0.848. The van der Waals surface area contributed by atoms with Crippen molar-refractivity contribution in [1.29, 1.82) is 0 Å². The predicted molar refractivity (Wildman–Crippen MR) is 81.3 cm³/mol. The second-order valence-corrected chi connectivity index (χ2v) is 7.95. The second kappa shape index (κ2) is 5.64. The van der Waals surface area contributed by atoms with Crippen LogP contribution in [0, 0.1) is 5.92 Å². The average Bonchev–Trinajstić information content (AvgIpc) is 3.14. The van der Waals surface area contributed by atoms with Crippen LogP contribution >= 0.6 is 11.6 Å². The zero-order chi connectivity index (χ0) is 15.0. The molecule has 20 heavy (non-hydrogen) atoms. The van der Waals surface area contributed by atoms with Crippen LogP contribution in [0.3, 0.4) is 0 Å². The Hall–Kier alpha value is -0.620. The minimum absolute atomic E-state index is 0.153. The molecule has 112 valence electrons. The van der Waals surface area contributed by atoms with Crippen LogP contribution in [-0.4, -0.2) is 21.0 Å². The molecule has 1 aromatic rings. The lowest BCUT2D eigenvalue weighted by molar-refractivity contribution is 0.400. The van der Waals surface area contributed by atoms with Crippen LogP contribution < -0.4 is 10.0 Å². The Bertz CT molecular complexity index is 595. The van der Waals surface area contributed by atoms with Crippen molar-refractivity contribution in [2.75, 3.05) is 7.05 Å². The van der Waals surface area contributed by atoms with Gasteiger partial charge in [0.25, 0.3) is 0 Å². The van der Waals surface area contributed by atoms with Gasteiger partial charge in [0.15, 0.2) is 0 Å². The number of hydrogen-bond acceptors (Lipinski definition) is 3. The first-order valence-corrected chi connectivity index (χ1v) is 8.59. The molecular formula is C14H21ClN2O2S. The van der Waals surface area contributed by atoms with Crippen LogP contribution in [0.4, 0.5) is 0 Å². The highest BCUT2D eigenvalue weighted by Gasteiger charge is 2.41. The number of nitrogens with one attached hydrogen (secondary N) is 2. The molecule has 1 saturated carbocycles. The monoisotopic (exact) mass is 316 g/mol. The number of hydrogen-bond donors (Lipinski definition) is 2. The minimum Gasteiger partial charge on any atom is -0.316 e. The molecule has 0 atom stereocenters. The van der Waals surface area contributed by atoms with E-state index in [1.807, 2.05) is 27.0 Å². The Kier molecular flexibility index (Phi) is 4.44. The topological polar surface area (TPSA) is 58.2 Å². The Morgan fingerprint density at radius 1 is 1.35 bits per heavy atom. The molecule has 0 spiro atoms. The number of sulfonamides is 1. The minimum atomic E-state index is -3.60. The highest BCUT2D eigenvalue weighted by molar-refractivity contribution is 7.89. The number of halogens is 1. The van der Waals surface area contributed by atoms with E-state index in [4.69, 9.17) is 11.6 Å². The summed E-state index contributed by atoms with van der Waals surface area (Å²) in [5, 5.41) is 3.25. The van der Waals surface area contributed by atoms with Gasteiger partial charge in [-0.3, -0.25) is 0 Å². The standard InChI is InChI=1S/C14H21ClN2O2S/c1-14(2,11-5-6-11)17-20(18,19)13-8-10(9-16-3)4-7-12(13)15/h4,7-8,11,16-17H,5-6,9H2,1-3H3. The molecule has 1 fully saturated rings. The first-order chi connectivity index (χ1) is 9.26. The molecule has 1 aliphatic carbocycles. The second-order valence-electron chi connectivity index (χ2n) is 5.90. The van der Waals surface area contributed by atoms with Crippen LogP contribution in [0.2, 0.25) is 5.02 Å². The lowest BCUT2D eigenvalue weighted by Crippen LogP contribution is -2.45. The molecule has 0 unspecified atom stereocenters. The van der Waals surface area contributed by atoms with Gasteiger partial charge in [0.05, 0.1) is 5.02 Å². The summed E-state index contributed by atoms with van der Waals surface area (Å²) < 4.78 is 27.9. The van der Waals surface area contributed by atoms with E-state index in [-0.39, 0.29) is 9.92 Å². The lowest BCUT2D eigenvalue weighted by atomic mass is 10.0. The Morgan fingerprint density at radius 2 is 2.00 bits per heavy atom. The van der Waals surface area contributed by atoms with Crippen molar-refractivity contribution in [3.63, 3.8) is 0 Å². The molecule has 4 nitrogen and oxygen atoms in total. The molecule has 6 heteroatoms. The normalized spacial score (nSPS) is 16.4. The molecule has 0 aliphatic heterocycles. The number of benzene rings is 1. The molecule has 0 radical (unpaired) electrons. The smallest absolute Gasteiger partial charge is 0.242 e. The summed E-state index contributed by atoms with van der Waals surface area (Å²) in [6, 6.07) is 5.08. The fraction of sp³-hybridized carbons (Fsp3) is 0.571. The highest BCUT2D eigenvalue weighted by atomic mass is 35.5. The van der Waals surface area contributed by atoms with E-state index in [1.165, 1.54) is 0 Å². The van der Waals surface area contributed by atoms with Crippen molar-refractivity contribution in [2.24, 2.45) is 5.92 Å². The fourth-order valence-corrected chi connectivity index (χ4v) is 4.38. The van der Waals surface area contributed by atoms with Crippen LogP contribution in [0.25, 0.3) is 0 Å². The maximum absolute atomic E-state index is 12.5. The van der Waals surface area contributed by atoms with Gasteiger partial charge < -0.3 is 5.32 Å². The van der Waals surface area contributed by atoms with Crippen molar-refractivity contribution in [2.45, 2.75) is 43.7 Å². The van der Waals surface area contributed by atoms with Gasteiger partial charge in [-0.15, -0.1) is 0 Å². The van der Waals surface area contributed by atoms with Gasteiger partial charge in [-0.2, -0.15) is 0 Å².